The first-order chi connectivity index (χ1) is 13.5. The van der Waals surface area contributed by atoms with Crippen LogP contribution in [0.25, 0.3) is 0 Å². The molecule has 4 amide bonds. The van der Waals surface area contributed by atoms with Crippen molar-refractivity contribution in [1.29, 1.82) is 0 Å². The number of rotatable bonds is 5. The van der Waals surface area contributed by atoms with Crippen LogP contribution in [0.15, 0.2) is 57.4 Å². The molecule has 2 aromatic heterocycles. The summed E-state index contributed by atoms with van der Waals surface area (Å²) in [6, 6.07) is 6.54. The SMILES string of the molecule is CN1C(=O)C2C=C(C(=O)NCc3ccco3)[N+](Cc3ccco3)=C2N(C)C1=O. The summed E-state index contributed by atoms with van der Waals surface area (Å²) in [4.78, 5) is 40.4. The van der Waals surface area contributed by atoms with Gasteiger partial charge in [0.25, 0.3) is 17.6 Å². The lowest BCUT2D eigenvalue weighted by Crippen LogP contribution is -2.57. The lowest BCUT2D eigenvalue weighted by molar-refractivity contribution is -0.492. The van der Waals surface area contributed by atoms with E-state index >= 15 is 0 Å². The van der Waals surface area contributed by atoms with Gasteiger partial charge in [-0.15, -0.1) is 0 Å². The fraction of sp³-hybridized carbons (Fsp3) is 0.263. The zero-order chi connectivity index (χ0) is 19.8. The van der Waals surface area contributed by atoms with Crippen LogP contribution in [0.2, 0.25) is 0 Å². The molecule has 0 saturated carbocycles. The predicted molar refractivity (Wildman–Crippen MR) is 95.7 cm³/mol. The van der Waals surface area contributed by atoms with Crippen molar-refractivity contribution >= 4 is 23.7 Å². The zero-order valence-corrected chi connectivity index (χ0v) is 15.4. The smallest absolute Gasteiger partial charge is 0.417 e. The van der Waals surface area contributed by atoms with Crippen LogP contribution in [0, 0.1) is 5.92 Å². The molecule has 0 radical (unpaired) electrons. The molecule has 144 valence electrons. The molecule has 1 fully saturated rings. The van der Waals surface area contributed by atoms with E-state index < -0.39 is 11.9 Å². The van der Waals surface area contributed by atoms with Crippen LogP contribution in [-0.4, -0.2) is 52.2 Å². The molecule has 2 aromatic rings. The average Bonchev–Trinajstić information content (AvgIpc) is 3.44. The molecule has 1 atom stereocenters. The van der Waals surface area contributed by atoms with Crippen molar-refractivity contribution < 1.29 is 27.8 Å². The summed E-state index contributed by atoms with van der Waals surface area (Å²) in [5, 5.41) is 2.78. The molecule has 9 heteroatoms. The lowest BCUT2D eigenvalue weighted by Gasteiger charge is -2.27. The minimum Gasteiger partial charge on any atom is -0.467 e. The number of furan rings is 2. The molecular formula is C19H19N4O5+. The molecule has 0 bridgehead atoms. The van der Waals surface area contributed by atoms with Crippen LogP contribution in [0.4, 0.5) is 4.79 Å². The van der Waals surface area contributed by atoms with Gasteiger partial charge in [0.15, 0.2) is 11.6 Å². The summed E-state index contributed by atoms with van der Waals surface area (Å²) >= 11 is 0. The zero-order valence-electron chi connectivity index (χ0n) is 15.4. The van der Waals surface area contributed by atoms with Gasteiger partial charge in [0.05, 0.1) is 26.1 Å². The van der Waals surface area contributed by atoms with Crippen LogP contribution in [0.5, 0.6) is 0 Å². The molecular weight excluding hydrogens is 364 g/mol. The van der Waals surface area contributed by atoms with Gasteiger partial charge in [-0.05, 0) is 30.3 Å². The summed E-state index contributed by atoms with van der Waals surface area (Å²) in [7, 11) is 3.01. The van der Waals surface area contributed by atoms with Gasteiger partial charge in [0, 0.05) is 7.05 Å². The average molecular weight is 383 g/mol. The highest BCUT2D eigenvalue weighted by molar-refractivity contribution is 6.19. The number of amides is 4. The summed E-state index contributed by atoms with van der Waals surface area (Å²) in [5.41, 5.74) is 0.284. The maximum atomic E-state index is 12.9. The van der Waals surface area contributed by atoms with Crippen molar-refractivity contribution in [3.05, 3.63) is 60.1 Å². The Morgan fingerprint density at radius 2 is 1.79 bits per heavy atom. The Kier molecular flexibility index (Phi) is 4.34. The summed E-state index contributed by atoms with van der Waals surface area (Å²) < 4.78 is 12.3. The molecule has 2 aliphatic heterocycles. The van der Waals surface area contributed by atoms with Crippen molar-refractivity contribution in [3.63, 3.8) is 0 Å². The largest absolute Gasteiger partial charge is 0.467 e. The molecule has 4 rings (SSSR count). The quantitative estimate of drug-likeness (QED) is 0.781. The number of fused-ring (bicyclic) bond motifs is 1. The second-order valence-corrected chi connectivity index (χ2v) is 6.55. The molecule has 28 heavy (non-hydrogen) atoms. The van der Waals surface area contributed by atoms with Crippen LogP contribution in [0.1, 0.15) is 11.5 Å². The third kappa shape index (κ3) is 2.90. The molecule has 1 unspecified atom stereocenters. The van der Waals surface area contributed by atoms with E-state index in [2.05, 4.69) is 5.32 Å². The van der Waals surface area contributed by atoms with E-state index in [1.165, 1.54) is 24.5 Å². The number of urea groups is 1. The Hall–Kier alpha value is -3.62. The number of hydrogen-bond acceptors (Lipinski definition) is 5. The van der Waals surface area contributed by atoms with Gasteiger partial charge in [-0.1, -0.05) is 0 Å². The number of carbonyl (C=O) groups is 3. The van der Waals surface area contributed by atoms with Gasteiger partial charge in [-0.3, -0.25) is 9.59 Å². The second kappa shape index (κ2) is 6.84. The minimum atomic E-state index is -0.716. The monoisotopic (exact) mass is 383 g/mol. The van der Waals surface area contributed by atoms with Crippen molar-refractivity contribution in [3.8, 4) is 0 Å². The Bertz CT molecular complexity index is 988. The number of nitrogens with one attached hydrogen (secondary N) is 1. The van der Waals surface area contributed by atoms with Crippen LogP contribution >= 0.6 is 0 Å². The standard InChI is InChI=1S/C19H18N4O5/c1-21-17-14(18(25)22(2)19(21)26)9-15(23(17)11-13-6-4-8-28-13)16(24)20-10-12-5-3-7-27-12/h3-9,14H,10-11H2,1-2H3/p+1. The number of carbonyl (C=O) groups excluding carboxylic acids is 3. The number of nitrogens with zero attached hydrogens (tertiary/aromatic N) is 3. The fourth-order valence-corrected chi connectivity index (χ4v) is 3.40. The molecule has 4 heterocycles. The normalized spacial score (nSPS) is 19.2. The summed E-state index contributed by atoms with van der Waals surface area (Å²) in [5.74, 6) is 0.181. The van der Waals surface area contributed by atoms with Crippen molar-refractivity contribution in [2.24, 2.45) is 5.92 Å². The van der Waals surface area contributed by atoms with E-state index in [0.717, 1.165) is 4.90 Å². The van der Waals surface area contributed by atoms with E-state index in [-0.39, 0.29) is 30.6 Å². The third-order valence-corrected chi connectivity index (χ3v) is 4.81. The van der Waals surface area contributed by atoms with E-state index in [9.17, 15) is 14.4 Å². The second-order valence-electron chi connectivity index (χ2n) is 6.55. The van der Waals surface area contributed by atoms with Gasteiger partial charge < -0.3 is 14.2 Å². The van der Waals surface area contributed by atoms with E-state index in [4.69, 9.17) is 8.83 Å². The first kappa shape index (κ1) is 17.8. The lowest BCUT2D eigenvalue weighted by atomic mass is 10.0. The number of amidine groups is 1. The molecule has 1 N–H and O–H groups in total. The highest BCUT2D eigenvalue weighted by Gasteiger charge is 2.51. The molecule has 0 aromatic carbocycles. The number of imide groups is 1. The molecule has 2 aliphatic rings. The van der Waals surface area contributed by atoms with Crippen LogP contribution in [-0.2, 0) is 22.7 Å². The Morgan fingerprint density at radius 1 is 1.11 bits per heavy atom. The Morgan fingerprint density at radius 3 is 2.43 bits per heavy atom. The highest BCUT2D eigenvalue weighted by Crippen LogP contribution is 2.27. The maximum Gasteiger partial charge on any atom is 0.417 e. The molecule has 0 spiro atoms. The first-order valence-corrected chi connectivity index (χ1v) is 8.72. The van der Waals surface area contributed by atoms with Gasteiger partial charge in [0.2, 0.25) is 0 Å². The number of hydrogen-bond donors (Lipinski definition) is 1. The van der Waals surface area contributed by atoms with E-state index in [0.29, 0.717) is 17.4 Å². The Labute approximate surface area is 160 Å². The summed E-state index contributed by atoms with van der Waals surface area (Å²) in [6.07, 6.45) is 4.64. The minimum absolute atomic E-state index is 0.209. The van der Waals surface area contributed by atoms with Gasteiger partial charge >= 0.3 is 6.03 Å². The van der Waals surface area contributed by atoms with Gasteiger partial charge in [0.1, 0.15) is 18.1 Å². The first-order valence-electron chi connectivity index (χ1n) is 8.72. The highest BCUT2D eigenvalue weighted by atomic mass is 16.3. The van der Waals surface area contributed by atoms with Gasteiger partial charge in [-0.25, -0.2) is 14.3 Å². The van der Waals surface area contributed by atoms with E-state index in [1.54, 1.807) is 42.0 Å². The summed E-state index contributed by atoms with van der Waals surface area (Å²) in [6.45, 7) is 0.424. The molecule has 0 aliphatic carbocycles. The van der Waals surface area contributed by atoms with Crippen LogP contribution < -0.4 is 5.32 Å². The Balaban J connectivity index is 1.69. The topological polar surface area (TPSA) is 99.0 Å². The van der Waals surface area contributed by atoms with Crippen LogP contribution in [0.3, 0.4) is 0 Å². The van der Waals surface area contributed by atoms with Gasteiger partial charge in [-0.2, -0.15) is 4.90 Å². The van der Waals surface area contributed by atoms with Crippen molar-refractivity contribution in [1.82, 2.24) is 15.1 Å². The van der Waals surface area contributed by atoms with E-state index in [1.807, 2.05) is 0 Å². The molecule has 9 nitrogen and oxygen atoms in total. The predicted octanol–water partition coefficient (Wildman–Crippen LogP) is 1.14. The third-order valence-electron chi connectivity index (χ3n) is 4.81. The maximum absolute atomic E-state index is 12.9. The van der Waals surface area contributed by atoms with Crippen molar-refractivity contribution in [2.75, 3.05) is 14.1 Å². The van der Waals surface area contributed by atoms with Crippen molar-refractivity contribution in [2.45, 2.75) is 13.1 Å². The molecule has 1 saturated heterocycles. The fourth-order valence-electron chi connectivity index (χ4n) is 3.40.